The van der Waals surface area contributed by atoms with Crippen molar-refractivity contribution in [3.63, 3.8) is 0 Å². The van der Waals surface area contributed by atoms with Crippen LogP contribution in [0.3, 0.4) is 0 Å². The fourth-order valence-electron chi connectivity index (χ4n) is 2.97. The maximum atomic E-state index is 11.7. The average molecular weight is 409 g/mol. The number of carbonyl (C=O) groups excluding carboxylic acids is 1. The van der Waals surface area contributed by atoms with Crippen LogP contribution in [0.1, 0.15) is 26.3 Å². The minimum absolute atomic E-state index is 0.264. The normalized spacial score (nSPS) is 10.9. The van der Waals surface area contributed by atoms with E-state index in [0.717, 1.165) is 24.3 Å². The van der Waals surface area contributed by atoms with Crippen LogP contribution in [0.4, 0.5) is 22.1 Å². The number of amides is 2. The van der Waals surface area contributed by atoms with Crippen LogP contribution in [0.15, 0.2) is 36.5 Å². The number of fused-ring (bicyclic) bond motifs is 1. The molecule has 4 N–H and O–H groups in total. The molecule has 0 saturated heterocycles. The third kappa shape index (κ3) is 5.32. The van der Waals surface area contributed by atoms with Gasteiger partial charge < -0.3 is 15.7 Å². The minimum Gasteiger partial charge on any atom is -0.508 e. The Labute approximate surface area is 175 Å². The largest absolute Gasteiger partial charge is 0.508 e. The summed E-state index contributed by atoms with van der Waals surface area (Å²) in [6, 6.07) is 8.47. The molecular weight excluding hydrogens is 382 g/mol. The molecule has 3 rings (SSSR count). The zero-order chi connectivity index (χ0) is 21.5. The predicted octanol–water partition coefficient (Wildman–Crippen LogP) is 3.46. The number of hydrogen-bond donors (Lipinski definition) is 4. The highest BCUT2D eigenvalue weighted by Gasteiger charge is 2.09. The highest BCUT2D eigenvalue weighted by Crippen LogP contribution is 2.25. The first-order valence-corrected chi connectivity index (χ1v) is 10.0. The Hall–Kier alpha value is -3.46. The van der Waals surface area contributed by atoms with E-state index in [1.807, 2.05) is 13.0 Å². The third-order valence-corrected chi connectivity index (χ3v) is 4.63. The second kappa shape index (κ2) is 9.84. The van der Waals surface area contributed by atoms with Crippen LogP contribution < -0.4 is 16.0 Å². The molecular formula is C21H27N7O2. The first-order valence-electron chi connectivity index (χ1n) is 10.0. The first kappa shape index (κ1) is 21.3. The van der Waals surface area contributed by atoms with Crippen molar-refractivity contribution in [1.29, 1.82) is 0 Å². The second-order valence-corrected chi connectivity index (χ2v) is 6.71. The topological polar surface area (TPSA) is 115 Å². The molecule has 9 nitrogen and oxygen atoms in total. The number of pyridine rings is 1. The van der Waals surface area contributed by atoms with Crippen LogP contribution in [-0.2, 0) is 6.54 Å². The van der Waals surface area contributed by atoms with Crippen LogP contribution >= 0.6 is 0 Å². The standard InChI is InChI=1S/C21H27N7O2/c1-4-22-21(30)27-18-10-8-16-20(25-18)26-19(12-23-16)24-15-7-9-17(29)14(11-15)13-28(5-2)6-3/h7-12,29H,4-6,13H2,1-3H3,(H3,22,24,25,26,27,30). The van der Waals surface area contributed by atoms with E-state index >= 15 is 0 Å². The van der Waals surface area contributed by atoms with Gasteiger partial charge in [0.1, 0.15) is 17.1 Å². The molecule has 2 aromatic heterocycles. The maximum absolute atomic E-state index is 11.7. The summed E-state index contributed by atoms with van der Waals surface area (Å²) in [4.78, 5) is 27.2. The van der Waals surface area contributed by atoms with E-state index in [2.05, 4.69) is 49.6 Å². The van der Waals surface area contributed by atoms with Gasteiger partial charge in [-0.2, -0.15) is 0 Å². The number of rotatable bonds is 8. The van der Waals surface area contributed by atoms with Gasteiger partial charge in [0.15, 0.2) is 11.5 Å². The Balaban J connectivity index is 1.80. The van der Waals surface area contributed by atoms with E-state index in [-0.39, 0.29) is 11.8 Å². The molecule has 2 heterocycles. The summed E-state index contributed by atoms with van der Waals surface area (Å²) in [6.45, 7) is 9.02. The summed E-state index contributed by atoms with van der Waals surface area (Å²) in [5.41, 5.74) is 2.66. The zero-order valence-corrected chi connectivity index (χ0v) is 17.4. The maximum Gasteiger partial charge on any atom is 0.320 e. The SMILES string of the molecule is CCNC(=O)Nc1ccc2ncc(Nc3ccc(O)c(CN(CC)CC)c3)nc2n1. The minimum atomic E-state index is -0.323. The Morgan fingerprint density at radius 1 is 1.07 bits per heavy atom. The van der Waals surface area contributed by atoms with E-state index in [9.17, 15) is 9.90 Å². The molecule has 30 heavy (non-hydrogen) atoms. The Morgan fingerprint density at radius 3 is 2.57 bits per heavy atom. The first-order chi connectivity index (χ1) is 14.5. The Bertz CT molecular complexity index is 1020. The van der Waals surface area contributed by atoms with Crippen molar-refractivity contribution >= 4 is 34.5 Å². The molecule has 0 bridgehead atoms. The molecule has 0 atom stereocenters. The van der Waals surface area contributed by atoms with Gasteiger partial charge in [-0.15, -0.1) is 0 Å². The van der Waals surface area contributed by atoms with Gasteiger partial charge in [-0.1, -0.05) is 13.8 Å². The van der Waals surface area contributed by atoms with Crippen molar-refractivity contribution in [3.8, 4) is 5.75 Å². The summed E-state index contributed by atoms with van der Waals surface area (Å²) in [5, 5.41) is 18.7. The van der Waals surface area contributed by atoms with Crippen molar-refractivity contribution < 1.29 is 9.90 Å². The van der Waals surface area contributed by atoms with Crippen molar-refractivity contribution in [2.45, 2.75) is 27.3 Å². The molecule has 0 fully saturated rings. The number of phenolic OH excluding ortho intramolecular Hbond substituents is 1. The Kier molecular flexibility index (Phi) is 6.97. The number of anilines is 3. The van der Waals surface area contributed by atoms with Gasteiger partial charge >= 0.3 is 6.03 Å². The number of urea groups is 1. The molecule has 0 spiro atoms. The van der Waals surface area contributed by atoms with Gasteiger partial charge in [-0.25, -0.2) is 19.7 Å². The van der Waals surface area contributed by atoms with E-state index < -0.39 is 0 Å². The quantitative estimate of drug-likeness (QED) is 0.421. The highest BCUT2D eigenvalue weighted by atomic mass is 16.3. The second-order valence-electron chi connectivity index (χ2n) is 6.71. The fourth-order valence-corrected chi connectivity index (χ4v) is 2.97. The lowest BCUT2D eigenvalue weighted by atomic mass is 10.1. The molecule has 0 radical (unpaired) electrons. The number of benzene rings is 1. The van der Waals surface area contributed by atoms with Crippen LogP contribution in [-0.4, -0.2) is 50.6 Å². The van der Waals surface area contributed by atoms with E-state index in [4.69, 9.17) is 0 Å². The molecule has 158 valence electrons. The van der Waals surface area contributed by atoms with Crippen molar-refractivity contribution in [1.82, 2.24) is 25.2 Å². The number of phenols is 1. The number of hydrogen-bond acceptors (Lipinski definition) is 7. The molecule has 0 aliphatic heterocycles. The smallest absolute Gasteiger partial charge is 0.320 e. The van der Waals surface area contributed by atoms with Crippen LogP contribution in [0, 0.1) is 0 Å². The molecule has 0 aliphatic rings. The van der Waals surface area contributed by atoms with E-state index in [1.54, 1.807) is 30.5 Å². The van der Waals surface area contributed by atoms with Crippen LogP contribution in [0.2, 0.25) is 0 Å². The van der Waals surface area contributed by atoms with Gasteiger partial charge in [-0.05, 0) is 50.3 Å². The highest BCUT2D eigenvalue weighted by molar-refractivity contribution is 5.89. The molecule has 2 amide bonds. The van der Waals surface area contributed by atoms with E-state index in [1.165, 1.54) is 0 Å². The lowest BCUT2D eigenvalue weighted by molar-refractivity contribution is 0.252. The molecule has 0 aliphatic carbocycles. The summed E-state index contributed by atoms with van der Waals surface area (Å²) >= 11 is 0. The summed E-state index contributed by atoms with van der Waals surface area (Å²) in [5.74, 6) is 1.18. The molecule has 0 saturated carbocycles. The van der Waals surface area contributed by atoms with Crippen LogP contribution in [0.25, 0.3) is 11.2 Å². The fraction of sp³-hybridized carbons (Fsp3) is 0.333. The lowest BCUT2D eigenvalue weighted by Crippen LogP contribution is -2.28. The molecule has 1 aromatic carbocycles. The number of aromatic hydroxyl groups is 1. The van der Waals surface area contributed by atoms with Gasteiger partial charge in [0.2, 0.25) is 0 Å². The van der Waals surface area contributed by atoms with Gasteiger partial charge in [0, 0.05) is 24.3 Å². The number of nitrogens with one attached hydrogen (secondary N) is 3. The third-order valence-electron chi connectivity index (χ3n) is 4.63. The average Bonchev–Trinajstić information content (AvgIpc) is 2.74. The van der Waals surface area contributed by atoms with Crippen molar-refractivity contribution in [2.24, 2.45) is 0 Å². The Morgan fingerprint density at radius 2 is 1.83 bits per heavy atom. The zero-order valence-electron chi connectivity index (χ0n) is 17.4. The number of aromatic nitrogens is 3. The summed E-state index contributed by atoms with van der Waals surface area (Å²) < 4.78 is 0. The predicted molar refractivity (Wildman–Crippen MR) is 118 cm³/mol. The molecule has 9 heteroatoms. The lowest BCUT2D eigenvalue weighted by Gasteiger charge is -2.19. The number of carbonyl (C=O) groups is 1. The molecule has 3 aromatic rings. The van der Waals surface area contributed by atoms with Crippen molar-refractivity contribution in [3.05, 3.63) is 42.1 Å². The monoisotopic (exact) mass is 409 g/mol. The van der Waals surface area contributed by atoms with E-state index in [0.29, 0.717) is 35.9 Å². The number of nitrogens with zero attached hydrogens (tertiary/aromatic N) is 4. The molecule has 0 unspecified atom stereocenters. The summed E-state index contributed by atoms with van der Waals surface area (Å²) in [6.07, 6.45) is 1.62. The van der Waals surface area contributed by atoms with Gasteiger partial charge in [0.05, 0.1) is 6.20 Å². The van der Waals surface area contributed by atoms with Gasteiger partial charge in [-0.3, -0.25) is 10.2 Å². The van der Waals surface area contributed by atoms with Gasteiger partial charge in [0.25, 0.3) is 0 Å². The summed E-state index contributed by atoms with van der Waals surface area (Å²) in [7, 11) is 0. The van der Waals surface area contributed by atoms with Crippen molar-refractivity contribution in [2.75, 3.05) is 30.3 Å². The van der Waals surface area contributed by atoms with Crippen LogP contribution in [0.5, 0.6) is 5.75 Å².